The van der Waals surface area contributed by atoms with Crippen molar-refractivity contribution in [3.05, 3.63) is 42.0 Å². The van der Waals surface area contributed by atoms with E-state index in [4.69, 9.17) is 5.73 Å². The second-order valence-corrected chi connectivity index (χ2v) is 3.23. The first-order chi connectivity index (χ1) is 7.20. The number of benzene rings is 1. The zero-order chi connectivity index (χ0) is 10.8. The summed E-state index contributed by atoms with van der Waals surface area (Å²) in [5.74, 6) is -0.312. The number of amides is 1. The number of rotatable bonds is 2. The maximum Gasteiger partial charge on any atom is 0.228 e. The summed E-state index contributed by atoms with van der Waals surface area (Å²) >= 11 is 0. The fourth-order valence-corrected chi connectivity index (χ4v) is 1.44. The first-order valence-corrected chi connectivity index (χ1v) is 4.43. The van der Waals surface area contributed by atoms with Gasteiger partial charge in [-0.25, -0.2) is 9.40 Å². The zero-order valence-corrected chi connectivity index (χ0v) is 7.93. The molecule has 0 atom stereocenters. The molecule has 78 valence electrons. The van der Waals surface area contributed by atoms with Crippen molar-refractivity contribution >= 4 is 12.1 Å². The van der Waals surface area contributed by atoms with Crippen LogP contribution >= 0.6 is 0 Å². The maximum absolute atomic E-state index is 12.7. The molecule has 4 nitrogen and oxygen atoms in total. The molecule has 0 spiro atoms. The fourth-order valence-electron chi connectivity index (χ4n) is 1.44. The van der Waals surface area contributed by atoms with Gasteiger partial charge in [0.25, 0.3) is 0 Å². The van der Waals surface area contributed by atoms with Crippen LogP contribution in [0.5, 0.6) is 0 Å². The van der Waals surface area contributed by atoms with Crippen LogP contribution in [0.25, 0.3) is 0 Å². The van der Waals surface area contributed by atoms with E-state index in [1.54, 1.807) is 23.3 Å². The van der Waals surface area contributed by atoms with Crippen molar-refractivity contribution in [1.29, 1.82) is 0 Å². The largest absolute Gasteiger partial charge is 0.399 e. The molecule has 0 radical (unpaired) electrons. The SMILES string of the molecule is NC1=CN(c2ccc(F)cc2)N(C=O)C1. The predicted octanol–water partition coefficient (Wildman–Crippen LogP) is 0.819. The minimum Gasteiger partial charge on any atom is -0.399 e. The highest BCUT2D eigenvalue weighted by Crippen LogP contribution is 2.21. The molecule has 1 amide bonds. The van der Waals surface area contributed by atoms with Crippen molar-refractivity contribution in [1.82, 2.24) is 5.01 Å². The van der Waals surface area contributed by atoms with Crippen LogP contribution < -0.4 is 10.7 Å². The van der Waals surface area contributed by atoms with Gasteiger partial charge in [-0.05, 0) is 24.3 Å². The monoisotopic (exact) mass is 207 g/mol. The number of carbonyl (C=O) groups is 1. The third-order valence-corrected chi connectivity index (χ3v) is 2.12. The quantitative estimate of drug-likeness (QED) is 0.730. The Bertz CT molecular complexity index is 402. The first kappa shape index (κ1) is 9.51. The minimum atomic E-state index is -0.312. The Hall–Kier alpha value is -2.04. The molecular weight excluding hydrogens is 197 g/mol. The number of carbonyl (C=O) groups excluding carboxylic acids is 1. The second kappa shape index (κ2) is 3.61. The van der Waals surface area contributed by atoms with E-state index in [1.165, 1.54) is 17.1 Å². The van der Waals surface area contributed by atoms with Gasteiger partial charge in [-0.2, -0.15) is 0 Å². The van der Waals surface area contributed by atoms with Gasteiger partial charge in [0.05, 0.1) is 12.2 Å². The molecule has 0 saturated carbocycles. The number of anilines is 1. The van der Waals surface area contributed by atoms with E-state index < -0.39 is 0 Å². The lowest BCUT2D eigenvalue weighted by Crippen LogP contribution is -2.34. The average Bonchev–Trinajstić information content (AvgIpc) is 2.61. The smallest absolute Gasteiger partial charge is 0.228 e. The molecule has 2 N–H and O–H groups in total. The summed E-state index contributed by atoms with van der Waals surface area (Å²) in [7, 11) is 0. The van der Waals surface area contributed by atoms with Crippen LogP contribution in [0, 0.1) is 5.82 Å². The van der Waals surface area contributed by atoms with Crippen molar-refractivity contribution in [2.45, 2.75) is 0 Å². The van der Waals surface area contributed by atoms with E-state index in [0.717, 1.165) is 0 Å². The standard InChI is InChI=1S/C10H10FN3O/c11-8-1-3-10(4-2-8)14-6-9(12)5-13(14)7-15/h1-4,6-7H,5,12H2. The Labute approximate surface area is 86.4 Å². The molecule has 0 aliphatic carbocycles. The Morgan fingerprint density at radius 3 is 2.60 bits per heavy atom. The number of hydrogen-bond acceptors (Lipinski definition) is 3. The number of nitrogens with zero attached hydrogens (tertiary/aromatic N) is 2. The molecule has 0 aromatic heterocycles. The summed E-state index contributed by atoms with van der Waals surface area (Å²) in [6, 6.07) is 5.84. The molecule has 1 aromatic carbocycles. The van der Waals surface area contributed by atoms with E-state index in [2.05, 4.69) is 0 Å². The van der Waals surface area contributed by atoms with Crippen LogP contribution in [0.1, 0.15) is 0 Å². The molecule has 2 rings (SSSR count). The summed E-state index contributed by atoms with van der Waals surface area (Å²) in [5, 5.41) is 2.99. The van der Waals surface area contributed by atoms with Gasteiger partial charge in [-0.15, -0.1) is 0 Å². The summed E-state index contributed by atoms with van der Waals surface area (Å²) < 4.78 is 12.7. The van der Waals surface area contributed by atoms with Crippen LogP contribution in [0.15, 0.2) is 36.2 Å². The van der Waals surface area contributed by atoms with Crippen LogP contribution in [-0.4, -0.2) is 18.0 Å². The summed E-state index contributed by atoms with van der Waals surface area (Å²) in [4.78, 5) is 10.7. The van der Waals surface area contributed by atoms with Crippen molar-refractivity contribution in [2.75, 3.05) is 11.6 Å². The molecule has 0 bridgehead atoms. The van der Waals surface area contributed by atoms with Crippen molar-refractivity contribution in [2.24, 2.45) is 5.73 Å². The lowest BCUT2D eigenvalue weighted by atomic mass is 10.3. The van der Waals surface area contributed by atoms with Crippen molar-refractivity contribution in [3.63, 3.8) is 0 Å². The van der Waals surface area contributed by atoms with Gasteiger partial charge in [0.1, 0.15) is 5.82 Å². The Kier molecular flexibility index (Phi) is 2.29. The van der Waals surface area contributed by atoms with Gasteiger partial charge in [0.2, 0.25) is 6.41 Å². The van der Waals surface area contributed by atoms with Gasteiger partial charge < -0.3 is 5.73 Å². The van der Waals surface area contributed by atoms with Crippen molar-refractivity contribution < 1.29 is 9.18 Å². The highest BCUT2D eigenvalue weighted by Gasteiger charge is 2.19. The molecule has 15 heavy (non-hydrogen) atoms. The molecule has 1 aliphatic rings. The number of hydrogen-bond donors (Lipinski definition) is 1. The third-order valence-electron chi connectivity index (χ3n) is 2.12. The summed E-state index contributed by atoms with van der Waals surface area (Å²) in [5.41, 5.74) is 6.89. The topological polar surface area (TPSA) is 49.6 Å². The van der Waals surface area contributed by atoms with E-state index in [1.807, 2.05) is 0 Å². The lowest BCUT2D eigenvalue weighted by Gasteiger charge is -2.24. The van der Waals surface area contributed by atoms with Crippen molar-refractivity contribution in [3.8, 4) is 0 Å². The van der Waals surface area contributed by atoms with Crippen LogP contribution in [0.3, 0.4) is 0 Å². The molecule has 0 saturated heterocycles. The molecule has 1 aromatic rings. The summed E-state index contributed by atoms with van der Waals surface area (Å²) in [6.07, 6.45) is 2.32. The Morgan fingerprint density at radius 1 is 1.33 bits per heavy atom. The third kappa shape index (κ3) is 1.76. The predicted molar refractivity (Wildman–Crippen MR) is 53.9 cm³/mol. The molecule has 0 unspecified atom stereocenters. The Morgan fingerprint density at radius 2 is 2.00 bits per heavy atom. The number of halogens is 1. The van der Waals surface area contributed by atoms with Crippen LogP contribution in [-0.2, 0) is 4.79 Å². The van der Waals surface area contributed by atoms with Gasteiger partial charge in [-0.1, -0.05) is 0 Å². The number of nitrogens with two attached hydrogens (primary N) is 1. The normalized spacial score (nSPS) is 15.4. The number of hydrazine groups is 1. The maximum atomic E-state index is 12.7. The van der Waals surface area contributed by atoms with E-state index in [-0.39, 0.29) is 5.82 Å². The molecule has 1 heterocycles. The van der Waals surface area contributed by atoms with Gasteiger partial charge in [0.15, 0.2) is 0 Å². The highest BCUT2D eigenvalue weighted by molar-refractivity contribution is 5.60. The zero-order valence-electron chi connectivity index (χ0n) is 7.93. The Balaban J connectivity index is 2.29. The van der Waals surface area contributed by atoms with E-state index in [0.29, 0.717) is 24.3 Å². The highest BCUT2D eigenvalue weighted by atomic mass is 19.1. The summed E-state index contributed by atoms with van der Waals surface area (Å²) in [6.45, 7) is 0.362. The average molecular weight is 207 g/mol. The molecular formula is C10H10FN3O. The molecule has 1 aliphatic heterocycles. The van der Waals surface area contributed by atoms with Crippen LogP contribution in [0.2, 0.25) is 0 Å². The second-order valence-electron chi connectivity index (χ2n) is 3.23. The van der Waals surface area contributed by atoms with Gasteiger partial charge in [-0.3, -0.25) is 9.80 Å². The minimum absolute atomic E-state index is 0.312. The molecule has 0 fully saturated rings. The lowest BCUT2D eigenvalue weighted by molar-refractivity contribution is -0.117. The van der Waals surface area contributed by atoms with Crippen LogP contribution in [0.4, 0.5) is 10.1 Å². The van der Waals surface area contributed by atoms with E-state index in [9.17, 15) is 9.18 Å². The van der Waals surface area contributed by atoms with E-state index >= 15 is 0 Å². The fraction of sp³-hybridized carbons (Fsp3) is 0.100. The van der Waals surface area contributed by atoms with Gasteiger partial charge >= 0.3 is 0 Å². The van der Waals surface area contributed by atoms with Gasteiger partial charge in [0, 0.05) is 11.9 Å². The first-order valence-electron chi connectivity index (χ1n) is 4.43. The molecule has 5 heteroatoms.